The van der Waals surface area contributed by atoms with Crippen molar-refractivity contribution in [1.29, 1.82) is 0 Å². The average molecular weight is 436 g/mol. The highest BCUT2D eigenvalue weighted by Crippen LogP contribution is 2.29. The molecule has 0 aliphatic carbocycles. The molecule has 0 aliphatic rings. The zero-order valence-electron chi connectivity index (χ0n) is 16.0. The normalized spacial score (nSPS) is 11.7. The van der Waals surface area contributed by atoms with Crippen LogP contribution in [-0.4, -0.2) is 27.4 Å². The van der Waals surface area contributed by atoms with Crippen molar-refractivity contribution in [2.24, 2.45) is 0 Å². The number of hydrogen-bond donors (Lipinski definition) is 2. The van der Waals surface area contributed by atoms with Crippen molar-refractivity contribution in [3.63, 3.8) is 0 Å². The summed E-state index contributed by atoms with van der Waals surface area (Å²) in [6, 6.07) is 11.7. The molecule has 0 unspecified atom stereocenters. The molecule has 1 amide bonds. The van der Waals surface area contributed by atoms with E-state index in [9.17, 15) is 26.4 Å². The highest BCUT2D eigenvalue weighted by molar-refractivity contribution is 7.92. The van der Waals surface area contributed by atoms with Gasteiger partial charge < -0.3 is 5.32 Å². The third-order valence-corrected chi connectivity index (χ3v) is 4.79. The summed E-state index contributed by atoms with van der Waals surface area (Å²) in [4.78, 5) is 11.7. The molecule has 158 valence electrons. The van der Waals surface area contributed by atoms with E-state index in [1.807, 2.05) is 19.1 Å². The van der Waals surface area contributed by atoms with Gasteiger partial charge in [-0.1, -0.05) is 47.7 Å². The molecule has 2 N–H and O–H groups in total. The summed E-state index contributed by atoms with van der Waals surface area (Å²) < 4.78 is 63.9. The molecule has 0 aliphatic heterocycles. The monoisotopic (exact) mass is 436 g/mol. The highest BCUT2D eigenvalue weighted by atomic mass is 32.2. The van der Waals surface area contributed by atoms with Crippen LogP contribution in [0.3, 0.4) is 0 Å². The lowest BCUT2D eigenvalue weighted by molar-refractivity contribution is -0.137. The van der Waals surface area contributed by atoms with E-state index in [-0.39, 0.29) is 12.1 Å². The summed E-state index contributed by atoms with van der Waals surface area (Å²) in [7, 11) is -3.81. The van der Waals surface area contributed by atoms with Crippen LogP contribution in [0.4, 0.5) is 13.2 Å². The second kappa shape index (κ2) is 10.1. The van der Waals surface area contributed by atoms with E-state index in [0.29, 0.717) is 5.56 Å². The van der Waals surface area contributed by atoms with Crippen molar-refractivity contribution in [2.75, 3.05) is 13.1 Å². The number of hydrogen-bond acceptors (Lipinski definition) is 3. The van der Waals surface area contributed by atoms with Gasteiger partial charge >= 0.3 is 6.18 Å². The largest absolute Gasteiger partial charge is 0.416 e. The lowest BCUT2D eigenvalue weighted by Crippen LogP contribution is -2.36. The molecule has 0 radical (unpaired) electrons. The summed E-state index contributed by atoms with van der Waals surface area (Å²) in [6.45, 7) is 1.27. The fourth-order valence-electron chi connectivity index (χ4n) is 2.18. The fourth-order valence-corrected chi connectivity index (χ4v) is 2.95. The third kappa shape index (κ3) is 8.11. The Morgan fingerprint density at radius 2 is 1.83 bits per heavy atom. The van der Waals surface area contributed by atoms with Gasteiger partial charge in [-0.15, -0.1) is 0 Å². The van der Waals surface area contributed by atoms with Crippen LogP contribution in [0.15, 0.2) is 53.9 Å². The number of amides is 1. The third-order valence-electron chi connectivity index (χ3n) is 3.75. The Bertz CT molecular complexity index is 1080. The molecule has 2 aromatic carbocycles. The second-order valence-corrected chi connectivity index (χ2v) is 7.89. The number of alkyl halides is 3. The van der Waals surface area contributed by atoms with Gasteiger partial charge in [0.2, 0.25) is 15.9 Å². The zero-order chi connectivity index (χ0) is 22.2. The van der Waals surface area contributed by atoms with E-state index < -0.39 is 34.2 Å². The number of nitrogens with one attached hydrogen (secondary N) is 2. The second-order valence-electron chi connectivity index (χ2n) is 6.24. The van der Waals surface area contributed by atoms with Crippen molar-refractivity contribution < 1.29 is 26.4 Å². The van der Waals surface area contributed by atoms with Crippen LogP contribution in [0.25, 0.3) is 6.08 Å². The van der Waals surface area contributed by atoms with Crippen LogP contribution in [0.5, 0.6) is 0 Å². The number of carbonyl (C=O) groups excluding carboxylic acids is 1. The molecular formula is C21H19F3N2O3S. The van der Waals surface area contributed by atoms with Crippen LogP contribution in [0.1, 0.15) is 22.3 Å². The summed E-state index contributed by atoms with van der Waals surface area (Å²) in [5, 5.41) is 3.32. The molecular weight excluding hydrogens is 417 g/mol. The Morgan fingerprint density at radius 1 is 1.13 bits per heavy atom. The van der Waals surface area contributed by atoms with E-state index in [4.69, 9.17) is 0 Å². The molecule has 9 heteroatoms. The molecule has 0 aromatic heterocycles. The van der Waals surface area contributed by atoms with Crippen LogP contribution in [0.2, 0.25) is 0 Å². The Labute approximate surface area is 173 Å². The standard InChI is InChI=1S/C21H19F3N2O3S/c1-16-7-9-17(10-8-16)11-13-30(28,29)26-15-20(27)25-12-3-5-18-4-2-6-19(14-18)21(22,23)24/h2,4,6-11,13-14,26H,12,15H2,1H3,(H,25,27). The lowest BCUT2D eigenvalue weighted by Gasteiger charge is -2.05. The first kappa shape index (κ1) is 23.2. The maximum atomic E-state index is 12.6. The van der Waals surface area contributed by atoms with Crippen molar-refractivity contribution in [2.45, 2.75) is 13.1 Å². The van der Waals surface area contributed by atoms with Crippen molar-refractivity contribution in [3.05, 3.63) is 76.2 Å². The Balaban J connectivity index is 1.81. The maximum absolute atomic E-state index is 12.6. The molecule has 0 atom stereocenters. The van der Waals surface area contributed by atoms with Gasteiger partial charge in [-0.3, -0.25) is 4.79 Å². The number of halogens is 3. The first-order chi connectivity index (χ1) is 14.0. The van der Waals surface area contributed by atoms with Crippen LogP contribution < -0.4 is 10.0 Å². The minimum Gasteiger partial charge on any atom is -0.344 e. The predicted octanol–water partition coefficient (Wildman–Crippen LogP) is 3.07. The van der Waals surface area contributed by atoms with Crippen LogP contribution in [-0.2, 0) is 21.0 Å². The van der Waals surface area contributed by atoms with E-state index in [2.05, 4.69) is 21.9 Å². The van der Waals surface area contributed by atoms with Gasteiger partial charge in [0, 0.05) is 11.0 Å². The number of benzene rings is 2. The molecule has 2 rings (SSSR count). The predicted molar refractivity (Wildman–Crippen MR) is 108 cm³/mol. The van der Waals surface area contributed by atoms with Crippen LogP contribution in [0, 0.1) is 18.8 Å². The Morgan fingerprint density at radius 3 is 2.50 bits per heavy atom. The molecule has 0 spiro atoms. The molecule has 0 fully saturated rings. The van der Waals surface area contributed by atoms with E-state index in [1.54, 1.807) is 12.1 Å². The quantitative estimate of drug-likeness (QED) is 0.684. The van der Waals surface area contributed by atoms with Crippen molar-refractivity contribution >= 4 is 22.0 Å². The molecule has 0 heterocycles. The number of carbonyl (C=O) groups is 1. The molecule has 0 saturated carbocycles. The Hall–Kier alpha value is -3.09. The fraction of sp³-hybridized carbons (Fsp3) is 0.190. The van der Waals surface area contributed by atoms with Gasteiger partial charge in [-0.25, -0.2) is 13.1 Å². The van der Waals surface area contributed by atoms with Gasteiger partial charge in [-0.2, -0.15) is 13.2 Å². The smallest absolute Gasteiger partial charge is 0.344 e. The first-order valence-electron chi connectivity index (χ1n) is 8.72. The van der Waals surface area contributed by atoms with Gasteiger partial charge in [0.1, 0.15) is 0 Å². The van der Waals surface area contributed by atoms with Gasteiger partial charge in [0.25, 0.3) is 0 Å². The van der Waals surface area contributed by atoms with E-state index in [1.165, 1.54) is 18.2 Å². The topological polar surface area (TPSA) is 75.3 Å². The number of sulfonamides is 1. The summed E-state index contributed by atoms with van der Waals surface area (Å²) in [5.74, 6) is 4.41. The minimum absolute atomic E-state index is 0.143. The molecule has 5 nitrogen and oxygen atoms in total. The van der Waals surface area contributed by atoms with Gasteiger partial charge in [0.05, 0.1) is 18.7 Å². The maximum Gasteiger partial charge on any atom is 0.416 e. The zero-order valence-corrected chi connectivity index (χ0v) is 16.8. The summed E-state index contributed by atoms with van der Waals surface area (Å²) in [6.07, 6.45) is -3.06. The van der Waals surface area contributed by atoms with Crippen molar-refractivity contribution in [3.8, 4) is 11.8 Å². The van der Waals surface area contributed by atoms with E-state index in [0.717, 1.165) is 23.1 Å². The highest BCUT2D eigenvalue weighted by Gasteiger charge is 2.30. The lowest BCUT2D eigenvalue weighted by atomic mass is 10.1. The van der Waals surface area contributed by atoms with E-state index >= 15 is 0 Å². The Kier molecular flexibility index (Phi) is 7.80. The number of aryl methyl sites for hydroxylation is 1. The van der Waals surface area contributed by atoms with Crippen molar-refractivity contribution in [1.82, 2.24) is 10.0 Å². The SMILES string of the molecule is Cc1ccc(C=CS(=O)(=O)NCC(=O)NCC#Cc2cccc(C(F)(F)F)c2)cc1. The molecule has 30 heavy (non-hydrogen) atoms. The summed E-state index contributed by atoms with van der Waals surface area (Å²) in [5.41, 5.74) is 1.08. The molecule has 2 aromatic rings. The van der Waals surface area contributed by atoms with Gasteiger partial charge in [-0.05, 0) is 36.8 Å². The first-order valence-corrected chi connectivity index (χ1v) is 10.3. The van der Waals surface area contributed by atoms with Gasteiger partial charge in [0.15, 0.2) is 0 Å². The molecule has 0 bridgehead atoms. The minimum atomic E-state index is -4.46. The summed E-state index contributed by atoms with van der Waals surface area (Å²) >= 11 is 0. The average Bonchev–Trinajstić information content (AvgIpc) is 2.69. The molecule has 0 saturated heterocycles. The van der Waals surface area contributed by atoms with Crippen LogP contribution >= 0.6 is 0 Å². The number of rotatable bonds is 6.